The molecule has 4 rings (SSSR count). The molecule has 2 aliphatic heterocycles. The molecule has 0 spiro atoms. The number of carbonyl (C=O) groups excluding carboxylic acids is 1. The second-order valence-electron chi connectivity index (χ2n) is 8.27. The fraction of sp³-hybridized carbons (Fsp3) is 0.682. The quantitative estimate of drug-likeness (QED) is 0.864. The Morgan fingerprint density at radius 2 is 1.81 bits per heavy atom. The van der Waals surface area contributed by atoms with Gasteiger partial charge in [-0.15, -0.1) is 0 Å². The number of morpholine rings is 1. The first-order valence-corrected chi connectivity index (χ1v) is 10.8. The summed E-state index contributed by atoms with van der Waals surface area (Å²) in [5.74, 6) is 0.652. The predicted octanol–water partition coefficient (Wildman–Crippen LogP) is 2.91. The number of likely N-dealkylation sites (tertiary alicyclic amines) is 1. The van der Waals surface area contributed by atoms with E-state index >= 15 is 0 Å². The van der Waals surface area contributed by atoms with Crippen molar-refractivity contribution in [3.8, 4) is 0 Å². The smallest absolute Gasteiger partial charge is 0.253 e. The van der Waals surface area contributed by atoms with Gasteiger partial charge in [-0.05, 0) is 43.9 Å². The number of amides is 1. The van der Waals surface area contributed by atoms with E-state index in [-0.39, 0.29) is 5.91 Å². The highest BCUT2D eigenvalue weighted by molar-refractivity contribution is 5.99. The predicted molar refractivity (Wildman–Crippen MR) is 108 cm³/mol. The first kappa shape index (κ1) is 18.8. The van der Waals surface area contributed by atoms with Crippen molar-refractivity contribution in [1.82, 2.24) is 10.2 Å². The highest BCUT2D eigenvalue weighted by Gasteiger charge is 2.29. The normalized spacial score (nSPS) is 24.9. The Balaban J connectivity index is 1.31. The number of hydrogen-bond donors (Lipinski definition) is 1. The molecule has 0 aromatic heterocycles. The number of anilines is 1. The lowest BCUT2D eigenvalue weighted by molar-refractivity contribution is 0.0945. The van der Waals surface area contributed by atoms with Crippen LogP contribution in [0, 0.1) is 5.92 Å². The van der Waals surface area contributed by atoms with Gasteiger partial charge in [0.25, 0.3) is 5.91 Å². The van der Waals surface area contributed by atoms with Crippen LogP contribution in [0.2, 0.25) is 0 Å². The largest absolute Gasteiger partial charge is 0.378 e. The first-order valence-electron chi connectivity index (χ1n) is 10.8. The van der Waals surface area contributed by atoms with E-state index in [0.717, 1.165) is 56.7 Å². The minimum absolute atomic E-state index is 0.0632. The molecule has 5 heteroatoms. The molecule has 3 fully saturated rings. The Morgan fingerprint density at radius 3 is 2.63 bits per heavy atom. The van der Waals surface area contributed by atoms with Crippen LogP contribution in [0.5, 0.6) is 0 Å². The van der Waals surface area contributed by atoms with Gasteiger partial charge in [0.15, 0.2) is 0 Å². The molecule has 1 N–H and O–H groups in total. The molecule has 1 saturated carbocycles. The molecular formula is C22H33N3O2. The third-order valence-electron chi connectivity index (χ3n) is 6.46. The number of nitrogens with zero attached hydrogens (tertiary/aromatic N) is 2. The van der Waals surface area contributed by atoms with Gasteiger partial charge in [0.2, 0.25) is 0 Å². The van der Waals surface area contributed by atoms with Gasteiger partial charge < -0.3 is 19.9 Å². The minimum Gasteiger partial charge on any atom is -0.378 e. The number of carbonyl (C=O) groups is 1. The average molecular weight is 372 g/mol. The maximum Gasteiger partial charge on any atom is 0.253 e. The summed E-state index contributed by atoms with van der Waals surface area (Å²) in [6, 6.07) is 8.77. The standard InChI is InChI=1S/C22H33N3O2/c26-22(20-8-4-5-9-21(20)24-12-14-27-15-13-24)23-16-18-10-11-25(17-18)19-6-2-1-3-7-19/h4-5,8-9,18-19H,1-3,6-7,10-17H2,(H,23,26). The van der Waals surface area contributed by atoms with Gasteiger partial charge in [-0.1, -0.05) is 31.4 Å². The first-order chi connectivity index (χ1) is 13.3. The lowest BCUT2D eigenvalue weighted by atomic mass is 9.94. The van der Waals surface area contributed by atoms with Crippen molar-refractivity contribution in [3.05, 3.63) is 29.8 Å². The molecule has 0 radical (unpaired) electrons. The fourth-order valence-corrected chi connectivity index (χ4v) is 4.88. The van der Waals surface area contributed by atoms with E-state index in [2.05, 4.69) is 21.2 Å². The maximum atomic E-state index is 12.9. The summed E-state index contributed by atoms with van der Waals surface area (Å²) < 4.78 is 5.45. The molecule has 1 aromatic rings. The second-order valence-corrected chi connectivity index (χ2v) is 8.27. The van der Waals surface area contributed by atoms with E-state index in [0.29, 0.717) is 5.92 Å². The van der Waals surface area contributed by atoms with Crippen LogP contribution in [0.15, 0.2) is 24.3 Å². The van der Waals surface area contributed by atoms with Crippen LogP contribution in [-0.2, 0) is 4.74 Å². The zero-order valence-corrected chi connectivity index (χ0v) is 16.4. The summed E-state index contributed by atoms with van der Waals surface area (Å²) in [5, 5.41) is 3.22. The lowest BCUT2D eigenvalue weighted by Gasteiger charge is -2.31. The zero-order chi connectivity index (χ0) is 18.5. The van der Waals surface area contributed by atoms with Crippen molar-refractivity contribution >= 4 is 11.6 Å². The molecule has 2 saturated heterocycles. The van der Waals surface area contributed by atoms with Crippen LogP contribution in [0.1, 0.15) is 48.9 Å². The van der Waals surface area contributed by atoms with Crippen molar-refractivity contribution < 1.29 is 9.53 Å². The van der Waals surface area contributed by atoms with Gasteiger partial charge in [-0.3, -0.25) is 4.79 Å². The number of rotatable bonds is 5. The summed E-state index contributed by atoms with van der Waals surface area (Å²) in [6.07, 6.45) is 8.13. The summed E-state index contributed by atoms with van der Waals surface area (Å²) in [5.41, 5.74) is 1.83. The fourth-order valence-electron chi connectivity index (χ4n) is 4.88. The molecule has 1 aromatic carbocycles. The molecule has 27 heavy (non-hydrogen) atoms. The summed E-state index contributed by atoms with van der Waals surface area (Å²) in [6.45, 7) is 6.31. The molecule has 1 amide bonds. The van der Waals surface area contributed by atoms with Gasteiger partial charge in [-0.2, -0.15) is 0 Å². The molecule has 0 bridgehead atoms. The average Bonchev–Trinajstić information content (AvgIpc) is 3.22. The van der Waals surface area contributed by atoms with Crippen molar-refractivity contribution in [1.29, 1.82) is 0 Å². The monoisotopic (exact) mass is 371 g/mol. The Bertz CT molecular complexity index is 624. The van der Waals surface area contributed by atoms with E-state index in [1.165, 1.54) is 45.1 Å². The number of benzene rings is 1. The summed E-state index contributed by atoms with van der Waals surface area (Å²) in [7, 11) is 0. The van der Waals surface area contributed by atoms with Crippen molar-refractivity contribution in [2.45, 2.75) is 44.6 Å². The molecule has 1 unspecified atom stereocenters. The second kappa shape index (κ2) is 9.07. The number of nitrogens with one attached hydrogen (secondary N) is 1. The van der Waals surface area contributed by atoms with E-state index < -0.39 is 0 Å². The van der Waals surface area contributed by atoms with Gasteiger partial charge in [0.05, 0.1) is 18.8 Å². The Kier molecular flexibility index (Phi) is 6.30. The number of ether oxygens (including phenoxy) is 1. The van der Waals surface area contributed by atoms with Crippen LogP contribution in [0.25, 0.3) is 0 Å². The van der Waals surface area contributed by atoms with Crippen molar-refractivity contribution in [2.24, 2.45) is 5.92 Å². The van der Waals surface area contributed by atoms with E-state index in [9.17, 15) is 4.79 Å². The van der Waals surface area contributed by atoms with E-state index in [1.54, 1.807) is 0 Å². The maximum absolute atomic E-state index is 12.9. The van der Waals surface area contributed by atoms with Crippen LogP contribution < -0.4 is 10.2 Å². The van der Waals surface area contributed by atoms with Gasteiger partial charge in [-0.25, -0.2) is 0 Å². The molecule has 3 aliphatic rings. The van der Waals surface area contributed by atoms with Gasteiger partial charge >= 0.3 is 0 Å². The lowest BCUT2D eigenvalue weighted by Crippen LogP contribution is -2.39. The summed E-state index contributed by atoms with van der Waals surface area (Å²) in [4.78, 5) is 17.8. The molecule has 5 nitrogen and oxygen atoms in total. The molecule has 2 heterocycles. The van der Waals surface area contributed by atoms with Crippen molar-refractivity contribution in [2.75, 3.05) is 50.8 Å². The Labute approximate surface area is 163 Å². The zero-order valence-electron chi connectivity index (χ0n) is 16.4. The Morgan fingerprint density at radius 1 is 1.04 bits per heavy atom. The highest BCUT2D eigenvalue weighted by atomic mass is 16.5. The third-order valence-corrected chi connectivity index (χ3v) is 6.46. The SMILES string of the molecule is O=C(NCC1CCN(C2CCCCC2)C1)c1ccccc1N1CCOCC1. The number of para-hydroxylation sites is 1. The Hall–Kier alpha value is -1.59. The summed E-state index contributed by atoms with van der Waals surface area (Å²) >= 11 is 0. The van der Waals surface area contributed by atoms with Crippen LogP contribution in [-0.4, -0.2) is 62.8 Å². The minimum atomic E-state index is 0.0632. The van der Waals surface area contributed by atoms with Crippen LogP contribution in [0.4, 0.5) is 5.69 Å². The number of hydrogen-bond acceptors (Lipinski definition) is 4. The van der Waals surface area contributed by atoms with E-state index in [1.807, 2.05) is 18.2 Å². The highest BCUT2D eigenvalue weighted by Crippen LogP contribution is 2.27. The third kappa shape index (κ3) is 4.64. The molecule has 148 valence electrons. The van der Waals surface area contributed by atoms with Crippen molar-refractivity contribution in [3.63, 3.8) is 0 Å². The molecular weight excluding hydrogens is 338 g/mol. The van der Waals surface area contributed by atoms with Gasteiger partial charge in [0.1, 0.15) is 0 Å². The van der Waals surface area contributed by atoms with E-state index in [4.69, 9.17) is 4.74 Å². The van der Waals surface area contributed by atoms with Crippen LogP contribution >= 0.6 is 0 Å². The van der Waals surface area contributed by atoms with Crippen LogP contribution in [0.3, 0.4) is 0 Å². The molecule has 1 aliphatic carbocycles. The van der Waals surface area contributed by atoms with Gasteiger partial charge in [0, 0.05) is 37.9 Å². The molecule has 1 atom stereocenters. The topological polar surface area (TPSA) is 44.8 Å².